The van der Waals surface area contributed by atoms with Crippen molar-refractivity contribution in [1.82, 2.24) is 4.98 Å². The van der Waals surface area contributed by atoms with E-state index in [9.17, 15) is 0 Å². The molecule has 0 fully saturated rings. The Kier molecular flexibility index (Phi) is 3.87. The number of aryl methyl sites for hydroxylation is 1. The van der Waals surface area contributed by atoms with Crippen molar-refractivity contribution < 1.29 is 0 Å². The SMILES string of the molecule is Clc1ncccc1CCCBr. The lowest BCUT2D eigenvalue weighted by molar-refractivity contribution is 0.931. The molecular formula is C8H9BrClN. The van der Waals surface area contributed by atoms with Crippen molar-refractivity contribution >= 4 is 27.5 Å². The van der Waals surface area contributed by atoms with E-state index in [1.54, 1.807) is 6.20 Å². The van der Waals surface area contributed by atoms with Crippen LogP contribution in [0, 0.1) is 0 Å². The average molecular weight is 235 g/mol. The summed E-state index contributed by atoms with van der Waals surface area (Å²) in [6.45, 7) is 0. The molecule has 1 nitrogen and oxygen atoms in total. The van der Waals surface area contributed by atoms with Gasteiger partial charge >= 0.3 is 0 Å². The Morgan fingerprint density at radius 1 is 1.55 bits per heavy atom. The molecule has 0 aromatic carbocycles. The maximum absolute atomic E-state index is 5.83. The van der Waals surface area contributed by atoms with E-state index in [1.807, 2.05) is 12.1 Å². The van der Waals surface area contributed by atoms with Crippen LogP contribution in [0.1, 0.15) is 12.0 Å². The summed E-state index contributed by atoms with van der Waals surface area (Å²) in [6, 6.07) is 3.92. The minimum Gasteiger partial charge on any atom is -0.244 e. The highest BCUT2D eigenvalue weighted by molar-refractivity contribution is 9.09. The van der Waals surface area contributed by atoms with Gasteiger partial charge in [0.15, 0.2) is 0 Å². The zero-order valence-electron chi connectivity index (χ0n) is 6.06. The van der Waals surface area contributed by atoms with Crippen molar-refractivity contribution in [3.8, 4) is 0 Å². The highest BCUT2D eigenvalue weighted by Crippen LogP contribution is 2.13. The molecule has 0 aliphatic heterocycles. The molecule has 3 heteroatoms. The standard InChI is InChI=1S/C8H9BrClN/c9-5-1-3-7-4-2-6-11-8(7)10/h2,4,6H,1,3,5H2. The third kappa shape index (κ3) is 2.80. The minimum atomic E-state index is 0.633. The second-order valence-corrected chi connectivity index (χ2v) is 3.40. The number of nitrogens with zero attached hydrogens (tertiary/aromatic N) is 1. The Morgan fingerprint density at radius 2 is 2.36 bits per heavy atom. The molecule has 0 aliphatic rings. The van der Waals surface area contributed by atoms with Gasteiger partial charge in [-0.15, -0.1) is 0 Å². The predicted molar refractivity (Wildman–Crippen MR) is 51.4 cm³/mol. The van der Waals surface area contributed by atoms with Gasteiger partial charge < -0.3 is 0 Å². The number of halogens is 2. The summed E-state index contributed by atoms with van der Waals surface area (Å²) in [4.78, 5) is 3.98. The summed E-state index contributed by atoms with van der Waals surface area (Å²) in [5.41, 5.74) is 1.13. The molecule has 60 valence electrons. The van der Waals surface area contributed by atoms with Crippen molar-refractivity contribution in [1.29, 1.82) is 0 Å². The van der Waals surface area contributed by atoms with E-state index in [0.29, 0.717) is 5.15 Å². The van der Waals surface area contributed by atoms with Crippen LogP contribution in [0.3, 0.4) is 0 Å². The van der Waals surface area contributed by atoms with Crippen LogP contribution in [-0.4, -0.2) is 10.3 Å². The van der Waals surface area contributed by atoms with Crippen molar-refractivity contribution in [3.63, 3.8) is 0 Å². The lowest BCUT2D eigenvalue weighted by Crippen LogP contribution is -1.88. The van der Waals surface area contributed by atoms with Gasteiger partial charge in [-0.3, -0.25) is 0 Å². The largest absolute Gasteiger partial charge is 0.244 e. The van der Waals surface area contributed by atoms with Gasteiger partial charge in [-0.25, -0.2) is 4.98 Å². The number of aromatic nitrogens is 1. The summed E-state index contributed by atoms with van der Waals surface area (Å²) in [6.07, 6.45) is 3.81. The zero-order chi connectivity index (χ0) is 8.10. The first-order chi connectivity index (χ1) is 5.34. The molecule has 1 heterocycles. The van der Waals surface area contributed by atoms with Crippen molar-refractivity contribution in [2.75, 3.05) is 5.33 Å². The smallest absolute Gasteiger partial charge is 0.132 e. The predicted octanol–water partition coefficient (Wildman–Crippen LogP) is 3.06. The van der Waals surface area contributed by atoms with Gasteiger partial charge in [0.2, 0.25) is 0 Å². The Hall–Kier alpha value is -0.0800. The van der Waals surface area contributed by atoms with Crippen molar-refractivity contribution in [2.45, 2.75) is 12.8 Å². The van der Waals surface area contributed by atoms with Gasteiger partial charge in [0.05, 0.1) is 0 Å². The molecule has 1 aromatic rings. The Bertz CT molecular complexity index is 227. The van der Waals surface area contributed by atoms with E-state index in [1.165, 1.54) is 0 Å². The Morgan fingerprint density at radius 3 is 3.00 bits per heavy atom. The fourth-order valence-electron chi connectivity index (χ4n) is 0.863. The maximum atomic E-state index is 5.83. The first-order valence-corrected chi connectivity index (χ1v) is 5.00. The van der Waals surface area contributed by atoms with E-state index in [0.717, 1.165) is 23.7 Å². The molecule has 1 aromatic heterocycles. The third-order valence-corrected chi connectivity index (χ3v) is 2.32. The number of pyridine rings is 1. The summed E-state index contributed by atoms with van der Waals surface area (Å²) in [5.74, 6) is 0. The van der Waals surface area contributed by atoms with Gasteiger partial charge in [-0.05, 0) is 24.5 Å². The quantitative estimate of drug-likeness (QED) is 0.579. The fraction of sp³-hybridized carbons (Fsp3) is 0.375. The third-order valence-electron chi connectivity index (χ3n) is 1.42. The maximum Gasteiger partial charge on any atom is 0.132 e. The second-order valence-electron chi connectivity index (χ2n) is 2.25. The van der Waals surface area contributed by atoms with Crippen molar-refractivity contribution in [3.05, 3.63) is 29.0 Å². The molecular weight excluding hydrogens is 225 g/mol. The molecule has 0 unspecified atom stereocenters. The van der Waals surface area contributed by atoms with Crippen LogP contribution in [0.25, 0.3) is 0 Å². The van der Waals surface area contributed by atoms with Crippen LogP contribution >= 0.6 is 27.5 Å². The van der Waals surface area contributed by atoms with E-state index in [4.69, 9.17) is 11.6 Å². The van der Waals surface area contributed by atoms with E-state index in [-0.39, 0.29) is 0 Å². The second kappa shape index (κ2) is 4.73. The number of hydrogen-bond donors (Lipinski definition) is 0. The fourth-order valence-corrected chi connectivity index (χ4v) is 1.36. The van der Waals surface area contributed by atoms with E-state index >= 15 is 0 Å². The summed E-state index contributed by atoms with van der Waals surface area (Å²) < 4.78 is 0. The van der Waals surface area contributed by atoms with Crippen LogP contribution < -0.4 is 0 Å². The molecule has 0 N–H and O–H groups in total. The normalized spacial score (nSPS) is 10.0. The monoisotopic (exact) mass is 233 g/mol. The van der Waals surface area contributed by atoms with Crippen LogP contribution in [0.2, 0.25) is 5.15 Å². The van der Waals surface area contributed by atoms with Crippen molar-refractivity contribution in [2.24, 2.45) is 0 Å². The lowest BCUT2D eigenvalue weighted by atomic mass is 10.2. The Balaban J connectivity index is 2.62. The average Bonchev–Trinajstić information content (AvgIpc) is 2.03. The molecule has 0 aliphatic carbocycles. The molecule has 11 heavy (non-hydrogen) atoms. The van der Waals surface area contributed by atoms with Crippen LogP contribution in [0.15, 0.2) is 18.3 Å². The molecule has 1 rings (SSSR count). The van der Waals surface area contributed by atoms with E-state index < -0.39 is 0 Å². The highest BCUT2D eigenvalue weighted by atomic mass is 79.9. The first kappa shape index (κ1) is 9.01. The lowest BCUT2D eigenvalue weighted by Gasteiger charge is -1.99. The molecule has 0 radical (unpaired) electrons. The zero-order valence-corrected chi connectivity index (χ0v) is 8.40. The van der Waals surface area contributed by atoms with Gasteiger partial charge in [0.1, 0.15) is 5.15 Å². The van der Waals surface area contributed by atoms with Gasteiger partial charge in [0, 0.05) is 11.5 Å². The summed E-state index contributed by atoms with van der Waals surface area (Å²) in [7, 11) is 0. The summed E-state index contributed by atoms with van der Waals surface area (Å²) in [5, 5.41) is 1.64. The van der Waals surface area contributed by atoms with Crippen LogP contribution in [-0.2, 0) is 6.42 Å². The number of alkyl halides is 1. The summed E-state index contributed by atoms with van der Waals surface area (Å²) >= 11 is 9.20. The van der Waals surface area contributed by atoms with Gasteiger partial charge in [-0.1, -0.05) is 33.6 Å². The van der Waals surface area contributed by atoms with E-state index in [2.05, 4.69) is 20.9 Å². The number of hydrogen-bond acceptors (Lipinski definition) is 1. The molecule has 0 amide bonds. The van der Waals surface area contributed by atoms with Crippen LogP contribution in [0.5, 0.6) is 0 Å². The van der Waals surface area contributed by atoms with Crippen LogP contribution in [0.4, 0.5) is 0 Å². The molecule has 0 saturated heterocycles. The Labute approximate surface area is 79.9 Å². The molecule has 0 atom stereocenters. The van der Waals surface area contributed by atoms with Gasteiger partial charge in [-0.2, -0.15) is 0 Å². The first-order valence-electron chi connectivity index (χ1n) is 3.50. The topological polar surface area (TPSA) is 12.9 Å². The molecule has 0 spiro atoms. The molecule has 0 saturated carbocycles. The highest BCUT2D eigenvalue weighted by Gasteiger charge is 1.97. The molecule has 0 bridgehead atoms. The van der Waals surface area contributed by atoms with Gasteiger partial charge in [0.25, 0.3) is 0 Å². The number of rotatable bonds is 3. The minimum absolute atomic E-state index is 0.633.